The summed E-state index contributed by atoms with van der Waals surface area (Å²) in [7, 11) is 0. The number of anilines is 1. The van der Waals surface area contributed by atoms with E-state index in [0.717, 1.165) is 4.70 Å². The molecule has 3 rings (SSSR count). The predicted molar refractivity (Wildman–Crippen MR) is 75.3 cm³/mol. The summed E-state index contributed by atoms with van der Waals surface area (Å²) in [6.45, 7) is 3.59. The van der Waals surface area contributed by atoms with Crippen molar-refractivity contribution in [3.05, 3.63) is 17.3 Å². The number of aliphatic hydroxyl groups excluding tert-OH is 1. The molecular weight excluding hydrogens is 281 g/mol. The number of halogens is 1. The number of nitrogens with zero attached hydrogens (tertiary/aromatic N) is 2. The second-order valence-corrected chi connectivity index (χ2v) is 6.10. The Labute approximate surface area is 119 Å². The van der Waals surface area contributed by atoms with Gasteiger partial charge >= 0.3 is 0 Å². The fourth-order valence-electron chi connectivity index (χ4n) is 2.54. The number of aromatic nitrogens is 2. The number of alkyl halides is 1. The number of fused-ring (bicyclic) bond motifs is 1. The van der Waals surface area contributed by atoms with Gasteiger partial charge in [0.25, 0.3) is 0 Å². The summed E-state index contributed by atoms with van der Waals surface area (Å²) in [6, 6.07) is 0. The summed E-state index contributed by atoms with van der Waals surface area (Å²) in [4.78, 5) is 8.09. The van der Waals surface area contributed by atoms with Crippen molar-refractivity contribution in [3.8, 4) is 0 Å². The fourth-order valence-corrected chi connectivity index (χ4v) is 3.49. The molecule has 0 saturated carbocycles. The van der Waals surface area contributed by atoms with Crippen molar-refractivity contribution in [2.45, 2.75) is 44.2 Å². The molecule has 0 unspecified atom stereocenters. The van der Waals surface area contributed by atoms with Gasteiger partial charge in [-0.15, -0.1) is 11.3 Å². The first-order valence-electron chi connectivity index (χ1n) is 6.45. The van der Waals surface area contributed by atoms with Crippen LogP contribution in [0.3, 0.4) is 0 Å². The number of hydrogen-bond acceptors (Lipinski definition) is 6. The molecule has 1 aliphatic rings. The minimum Gasteiger partial charge on any atom is -0.387 e. The maximum atomic E-state index is 14.4. The average molecular weight is 297 g/mol. The van der Waals surface area contributed by atoms with E-state index in [2.05, 4.69) is 9.97 Å². The van der Waals surface area contributed by atoms with Crippen molar-refractivity contribution in [2.75, 3.05) is 5.73 Å². The highest BCUT2D eigenvalue weighted by molar-refractivity contribution is 7.17. The molecule has 5 nitrogen and oxygen atoms in total. The van der Waals surface area contributed by atoms with Crippen LogP contribution in [0.5, 0.6) is 0 Å². The van der Waals surface area contributed by atoms with Crippen molar-refractivity contribution in [1.82, 2.24) is 9.97 Å². The third-order valence-electron chi connectivity index (χ3n) is 4.03. The molecule has 20 heavy (non-hydrogen) atoms. The molecule has 0 radical (unpaired) electrons. The van der Waals surface area contributed by atoms with Gasteiger partial charge in [0.1, 0.15) is 24.4 Å². The Bertz CT molecular complexity index is 650. The molecule has 1 aliphatic heterocycles. The Morgan fingerprint density at radius 3 is 2.95 bits per heavy atom. The van der Waals surface area contributed by atoms with Gasteiger partial charge in [0.15, 0.2) is 6.17 Å². The Morgan fingerprint density at radius 1 is 1.55 bits per heavy atom. The Hall–Kier alpha value is -1.31. The van der Waals surface area contributed by atoms with Crippen LogP contribution >= 0.6 is 11.3 Å². The van der Waals surface area contributed by atoms with Gasteiger partial charge in [0.2, 0.25) is 0 Å². The lowest BCUT2D eigenvalue weighted by Crippen LogP contribution is -2.38. The Kier molecular flexibility index (Phi) is 3.15. The second kappa shape index (κ2) is 4.61. The van der Waals surface area contributed by atoms with Crippen LogP contribution in [0.25, 0.3) is 10.2 Å². The van der Waals surface area contributed by atoms with E-state index >= 15 is 0 Å². The van der Waals surface area contributed by atoms with Crippen LogP contribution in [0, 0.1) is 0 Å². The average Bonchev–Trinajstić information content (AvgIpc) is 2.96. The lowest BCUT2D eigenvalue weighted by molar-refractivity contribution is -0.0722. The molecule has 3 N–H and O–H groups in total. The van der Waals surface area contributed by atoms with E-state index in [1.807, 2.05) is 6.92 Å². The van der Waals surface area contributed by atoms with Crippen LogP contribution < -0.4 is 5.73 Å². The van der Waals surface area contributed by atoms with Crippen molar-refractivity contribution in [3.63, 3.8) is 0 Å². The number of thiophene rings is 1. The Morgan fingerprint density at radius 2 is 2.30 bits per heavy atom. The molecule has 1 fully saturated rings. The maximum absolute atomic E-state index is 14.4. The number of ether oxygens (including phenoxy) is 1. The zero-order valence-electron chi connectivity index (χ0n) is 11.2. The first kappa shape index (κ1) is 13.7. The molecule has 0 aromatic carbocycles. The molecule has 3 heterocycles. The molecule has 7 heteroatoms. The first-order valence-corrected chi connectivity index (χ1v) is 7.33. The lowest BCUT2D eigenvalue weighted by Gasteiger charge is -2.25. The zero-order valence-corrected chi connectivity index (χ0v) is 12.0. The van der Waals surface area contributed by atoms with Gasteiger partial charge in [0.05, 0.1) is 15.8 Å². The molecule has 4 atom stereocenters. The van der Waals surface area contributed by atoms with Crippen molar-refractivity contribution in [2.24, 2.45) is 0 Å². The topological polar surface area (TPSA) is 81.3 Å². The highest BCUT2D eigenvalue weighted by atomic mass is 32.1. The molecular formula is C13H16FN3O2S. The lowest BCUT2D eigenvalue weighted by atomic mass is 9.94. The van der Waals surface area contributed by atoms with E-state index in [0.29, 0.717) is 23.3 Å². The van der Waals surface area contributed by atoms with Crippen LogP contribution in [0.1, 0.15) is 31.9 Å². The number of nitrogen functional groups attached to an aromatic ring is 1. The van der Waals surface area contributed by atoms with Gasteiger partial charge in [-0.3, -0.25) is 0 Å². The Balaban J connectivity index is 2.06. The molecule has 0 spiro atoms. The highest BCUT2D eigenvalue weighted by Gasteiger charge is 2.52. The summed E-state index contributed by atoms with van der Waals surface area (Å²) in [6.07, 6.45) is -1.56. The third kappa shape index (κ3) is 1.81. The van der Waals surface area contributed by atoms with Crippen molar-refractivity contribution in [1.29, 1.82) is 0 Å². The summed E-state index contributed by atoms with van der Waals surface area (Å²) < 4.78 is 20.9. The van der Waals surface area contributed by atoms with Gasteiger partial charge in [-0.1, -0.05) is 6.92 Å². The second-order valence-electron chi connectivity index (χ2n) is 5.22. The molecule has 0 bridgehead atoms. The monoisotopic (exact) mass is 297 g/mol. The van der Waals surface area contributed by atoms with Crippen LogP contribution in [0.2, 0.25) is 0 Å². The highest BCUT2D eigenvalue weighted by Crippen LogP contribution is 2.46. The van der Waals surface area contributed by atoms with E-state index < -0.39 is 24.0 Å². The fraction of sp³-hybridized carbons (Fsp3) is 0.538. The van der Waals surface area contributed by atoms with E-state index in [1.54, 1.807) is 12.3 Å². The minimum atomic E-state index is -1.48. The van der Waals surface area contributed by atoms with E-state index in [1.165, 1.54) is 17.7 Å². The molecule has 1 saturated heterocycles. The van der Waals surface area contributed by atoms with E-state index in [9.17, 15) is 9.50 Å². The number of hydrogen-bond donors (Lipinski definition) is 2. The normalized spacial score (nSPS) is 33.9. The smallest absolute Gasteiger partial charge is 0.159 e. The molecule has 108 valence electrons. The molecule has 2 aromatic heterocycles. The van der Waals surface area contributed by atoms with Crippen molar-refractivity contribution < 1.29 is 14.2 Å². The van der Waals surface area contributed by atoms with E-state index in [4.69, 9.17) is 10.5 Å². The van der Waals surface area contributed by atoms with Crippen LogP contribution in [-0.4, -0.2) is 33.0 Å². The van der Waals surface area contributed by atoms with Gasteiger partial charge in [-0.05, 0) is 18.7 Å². The molecule has 2 aromatic rings. The number of nitrogens with two attached hydrogens (primary N) is 1. The summed E-state index contributed by atoms with van der Waals surface area (Å²) in [5.41, 5.74) is 6.13. The van der Waals surface area contributed by atoms with Gasteiger partial charge < -0.3 is 15.6 Å². The van der Waals surface area contributed by atoms with Crippen molar-refractivity contribution >= 4 is 27.4 Å². The summed E-state index contributed by atoms with van der Waals surface area (Å²) in [5, 5.41) is 11.8. The van der Waals surface area contributed by atoms with Crippen LogP contribution in [0.15, 0.2) is 11.7 Å². The standard InChI is InChI=1S/C13H16FN3O2S/c1-3-13(2)11(18)7(14)9(19-13)6-4-20-10-8(6)16-5-17-12(10)15/h4-5,7,9,11,18H,3H2,1-2H3,(H2,15,16,17)/t7-,9-,11-,13-/m0/s1. The summed E-state index contributed by atoms with van der Waals surface area (Å²) >= 11 is 1.36. The van der Waals surface area contributed by atoms with Gasteiger partial charge in [-0.25, -0.2) is 14.4 Å². The third-order valence-corrected chi connectivity index (χ3v) is 5.04. The van der Waals surface area contributed by atoms with Gasteiger partial charge in [-0.2, -0.15) is 0 Å². The minimum absolute atomic E-state index is 0.374. The van der Waals surface area contributed by atoms with Gasteiger partial charge in [0, 0.05) is 5.56 Å². The molecule has 0 amide bonds. The summed E-state index contributed by atoms with van der Waals surface area (Å²) in [5.74, 6) is 0.374. The maximum Gasteiger partial charge on any atom is 0.159 e. The van der Waals surface area contributed by atoms with Crippen LogP contribution in [-0.2, 0) is 4.74 Å². The SMILES string of the molecule is CC[C@]1(C)O[C@@H](c2csc3c(N)ncnc23)[C@H](F)[C@@H]1O. The predicted octanol–water partition coefficient (Wildman–Crippen LogP) is 2.21. The quantitative estimate of drug-likeness (QED) is 0.888. The zero-order chi connectivity index (χ0) is 14.5. The van der Waals surface area contributed by atoms with Crippen LogP contribution in [0.4, 0.5) is 10.2 Å². The van der Waals surface area contributed by atoms with E-state index in [-0.39, 0.29) is 0 Å². The first-order chi connectivity index (χ1) is 9.48. The number of rotatable bonds is 2. The number of aliphatic hydroxyl groups is 1. The largest absolute Gasteiger partial charge is 0.387 e. The molecule has 0 aliphatic carbocycles.